The van der Waals surface area contributed by atoms with E-state index in [1.165, 1.54) is 11.1 Å². The maximum Gasteiger partial charge on any atom is 0.185 e. The van der Waals surface area contributed by atoms with Gasteiger partial charge in [-0.3, -0.25) is 4.79 Å². The summed E-state index contributed by atoms with van der Waals surface area (Å²) < 4.78 is 0. The third-order valence-electron chi connectivity index (χ3n) is 4.50. The molecule has 0 bridgehead atoms. The van der Waals surface area contributed by atoms with Gasteiger partial charge in [0.15, 0.2) is 5.78 Å². The summed E-state index contributed by atoms with van der Waals surface area (Å²) in [6.45, 7) is 2.10. The van der Waals surface area contributed by atoms with E-state index in [-0.39, 0.29) is 5.78 Å². The van der Waals surface area contributed by atoms with Gasteiger partial charge in [-0.05, 0) is 59.4 Å². The van der Waals surface area contributed by atoms with Gasteiger partial charge in [-0.15, -0.1) is 0 Å². The highest BCUT2D eigenvalue weighted by atomic mass is 16.1. The lowest BCUT2D eigenvalue weighted by molar-refractivity contribution is 0.104. The number of aryl methyl sites for hydroxylation is 1. The van der Waals surface area contributed by atoms with Crippen molar-refractivity contribution in [3.63, 3.8) is 0 Å². The molecule has 0 atom stereocenters. The van der Waals surface area contributed by atoms with E-state index in [9.17, 15) is 4.79 Å². The van der Waals surface area contributed by atoms with Crippen molar-refractivity contribution in [3.05, 3.63) is 101 Å². The molecule has 136 valence electrons. The van der Waals surface area contributed by atoms with Crippen LogP contribution in [0.15, 0.2) is 72.8 Å². The van der Waals surface area contributed by atoms with Gasteiger partial charge in [-0.25, -0.2) is 0 Å². The topological polar surface area (TPSA) is 69.1 Å². The van der Waals surface area contributed by atoms with Crippen LogP contribution in [0.4, 0.5) is 11.4 Å². The molecular formula is C24H24N2O. The minimum atomic E-state index is 0.0111. The molecule has 0 aliphatic rings. The number of allylic oxidation sites excluding steroid dienone is 1. The van der Waals surface area contributed by atoms with Crippen LogP contribution in [0, 0.1) is 0 Å². The smallest absolute Gasteiger partial charge is 0.185 e. The second-order valence-corrected chi connectivity index (χ2v) is 6.67. The number of rotatable bonds is 6. The third-order valence-corrected chi connectivity index (χ3v) is 4.50. The predicted molar refractivity (Wildman–Crippen MR) is 114 cm³/mol. The van der Waals surface area contributed by atoms with Crippen molar-refractivity contribution in [3.8, 4) is 0 Å². The molecule has 4 N–H and O–H groups in total. The average Bonchev–Trinajstić information content (AvgIpc) is 2.66. The fraction of sp³-hybridized carbons (Fsp3) is 0.125. The zero-order valence-corrected chi connectivity index (χ0v) is 15.5. The fourth-order valence-electron chi connectivity index (χ4n) is 3.00. The second kappa shape index (κ2) is 8.37. The predicted octanol–water partition coefficient (Wildman–Crippen LogP) is 4.90. The largest absolute Gasteiger partial charge is 0.399 e. The molecule has 3 aromatic carbocycles. The van der Waals surface area contributed by atoms with Gasteiger partial charge in [0.2, 0.25) is 0 Å². The summed E-state index contributed by atoms with van der Waals surface area (Å²) in [5.41, 5.74) is 18.2. The molecule has 3 heteroatoms. The minimum Gasteiger partial charge on any atom is -0.399 e. The normalized spacial score (nSPS) is 11.0. The lowest BCUT2D eigenvalue weighted by Crippen LogP contribution is -1.95. The molecule has 0 heterocycles. The zero-order valence-electron chi connectivity index (χ0n) is 15.5. The Balaban J connectivity index is 1.65. The number of anilines is 2. The molecule has 0 radical (unpaired) electrons. The number of carbonyl (C=O) groups excluding carboxylic acids is 1. The number of carbonyl (C=O) groups is 1. The summed E-state index contributed by atoms with van der Waals surface area (Å²) in [5, 5.41) is 0. The van der Waals surface area contributed by atoms with Crippen molar-refractivity contribution in [1.29, 1.82) is 0 Å². The monoisotopic (exact) mass is 356 g/mol. The van der Waals surface area contributed by atoms with Gasteiger partial charge in [0.1, 0.15) is 0 Å². The van der Waals surface area contributed by atoms with Crippen LogP contribution in [-0.2, 0) is 12.8 Å². The first-order valence-electron chi connectivity index (χ1n) is 9.08. The Morgan fingerprint density at radius 1 is 0.815 bits per heavy atom. The summed E-state index contributed by atoms with van der Waals surface area (Å²) in [7, 11) is 0. The quantitative estimate of drug-likeness (QED) is 0.375. The van der Waals surface area contributed by atoms with Gasteiger partial charge in [0, 0.05) is 16.9 Å². The standard InChI is InChI=1S/C24H24N2O/c1-2-17-7-10-21(11-8-17)24(27)12-9-18-3-5-19(6-4-18)13-20-14-22(25)16-23(26)15-20/h3-12,14-16H,2,13,25-26H2,1H3/b12-9+. The molecule has 0 aromatic heterocycles. The second-order valence-electron chi connectivity index (χ2n) is 6.67. The summed E-state index contributed by atoms with van der Waals surface area (Å²) in [4.78, 5) is 12.3. The molecule has 3 rings (SSSR count). The van der Waals surface area contributed by atoms with Crippen LogP contribution in [0.3, 0.4) is 0 Å². The van der Waals surface area contributed by atoms with Crippen molar-refractivity contribution in [2.75, 3.05) is 11.5 Å². The molecule has 3 nitrogen and oxygen atoms in total. The van der Waals surface area contributed by atoms with Gasteiger partial charge in [0.05, 0.1) is 0 Å². The third kappa shape index (κ3) is 5.08. The van der Waals surface area contributed by atoms with Crippen LogP contribution in [0.25, 0.3) is 6.08 Å². The SMILES string of the molecule is CCc1ccc(C(=O)/C=C/c2ccc(Cc3cc(N)cc(N)c3)cc2)cc1. The van der Waals surface area contributed by atoms with E-state index in [4.69, 9.17) is 11.5 Å². The minimum absolute atomic E-state index is 0.0111. The fourth-order valence-corrected chi connectivity index (χ4v) is 3.00. The van der Waals surface area contributed by atoms with E-state index in [1.807, 2.05) is 54.6 Å². The maximum absolute atomic E-state index is 12.3. The van der Waals surface area contributed by atoms with Gasteiger partial charge < -0.3 is 11.5 Å². The van der Waals surface area contributed by atoms with Gasteiger partial charge >= 0.3 is 0 Å². The zero-order chi connectivity index (χ0) is 19.2. The van der Waals surface area contributed by atoms with Crippen LogP contribution in [-0.4, -0.2) is 5.78 Å². The Labute approximate surface area is 160 Å². The highest BCUT2D eigenvalue weighted by Gasteiger charge is 2.02. The summed E-state index contributed by atoms with van der Waals surface area (Å²) >= 11 is 0. The van der Waals surface area contributed by atoms with E-state index in [1.54, 1.807) is 12.1 Å². The van der Waals surface area contributed by atoms with Crippen LogP contribution in [0.1, 0.15) is 39.5 Å². The number of ketones is 1. The molecule has 0 aliphatic carbocycles. The van der Waals surface area contributed by atoms with Crippen molar-refractivity contribution in [2.24, 2.45) is 0 Å². The molecule has 0 fully saturated rings. The Bertz CT molecular complexity index is 934. The number of nitrogens with two attached hydrogens (primary N) is 2. The van der Waals surface area contributed by atoms with Crippen LogP contribution < -0.4 is 11.5 Å². The first-order valence-corrected chi connectivity index (χ1v) is 9.08. The molecule has 0 spiro atoms. The van der Waals surface area contributed by atoms with Gasteiger partial charge in [-0.1, -0.05) is 61.5 Å². The molecular weight excluding hydrogens is 332 g/mol. The van der Waals surface area contributed by atoms with Crippen molar-refractivity contribution < 1.29 is 4.79 Å². The van der Waals surface area contributed by atoms with Gasteiger partial charge in [-0.2, -0.15) is 0 Å². The van der Waals surface area contributed by atoms with E-state index < -0.39 is 0 Å². The molecule has 0 saturated carbocycles. The molecule has 3 aromatic rings. The Kier molecular flexibility index (Phi) is 5.72. The van der Waals surface area contributed by atoms with E-state index in [0.717, 1.165) is 24.0 Å². The van der Waals surface area contributed by atoms with Gasteiger partial charge in [0.25, 0.3) is 0 Å². The van der Waals surface area contributed by atoms with Crippen LogP contribution in [0.2, 0.25) is 0 Å². The Morgan fingerprint density at radius 3 is 2.00 bits per heavy atom. The van der Waals surface area contributed by atoms with E-state index >= 15 is 0 Å². The first-order chi connectivity index (χ1) is 13.0. The highest BCUT2D eigenvalue weighted by Crippen LogP contribution is 2.18. The number of benzene rings is 3. The summed E-state index contributed by atoms with van der Waals surface area (Å²) in [5.74, 6) is 0.0111. The Morgan fingerprint density at radius 2 is 1.41 bits per heavy atom. The lowest BCUT2D eigenvalue weighted by atomic mass is 10.0. The highest BCUT2D eigenvalue weighted by molar-refractivity contribution is 6.06. The number of hydrogen-bond donors (Lipinski definition) is 2. The molecule has 0 unspecified atom stereocenters. The Hall–Kier alpha value is -3.33. The van der Waals surface area contributed by atoms with Crippen molar-refractivity contribution in [2.45, 2.75) is 19.8 Å². The number of hydrogen-bond acceptors (Lipinski definition) is 3. The van der Waals surface area contributed by atoms with E-state index in [2.05, 4.69) is 19.1 Å². The first kappa shape index (κ1) is 18.5. The molecule has 27 heavy (non-hydrogen) atoms. The maximum atomic E-state index is 12.3. The van der Waals surface area contributed by atoms with Crippen molar-refractivity contribution in [1.82, 2.24) is 0 Å². The van der Waals surface area contributed by atoms with Crippen LogP contribution in [0.5, 0.6) is 0 Å². The molecule has 0 saturated heterocycles. The summed E-state index contributed by atoms with van der Waals surface area (Å²) in [6, 6.07) is 21.5. The average molecular weight is 356 g/mol. The van der Waals surface area contributed by atoms with Crippen molar-refractivity contribution >= 4 is 23.2 Å². The molecule has 0 amide bonds. The summed E-state index contributed by atoms with van der Waals surface area (Å²) in [6.07, 6.45) is 5.20. The van der Waals surface area contributed by atoms with E-state index in [0.29, 0.717) is 16.9 Å². The molecule has 0 aliphatic heterocycles. The van der Waals surface area contributed by atoms with Crippen LogP contribution >= 0.6 is 0 Å². The number of nitrogen functional groups attached to an aromatic ring is 2. The lowest BCUT2D eigenvalue weighted by Gasteiger charge is -2.05.